The summed E-state index contributed by atoms with van der Waals surface area (Å²) in [6.45, 7) is 31.4. The van der Waals surface area contributed by atoms with Gasteiger partial charge in [-0.1, -0.05) is 245 Å². The molecule has 25 heteroatoms. The molecule has 145 heavy (non-hydrogen) atoms. The van der Waals surface area contributed by atoms with Gasteiger partial charge in [0.1, 0.15) is 11.6 Å². The lowest BCUT2D eigenvalue weighted by molar-refractivity contribution is 0.0657. The van der Waals surface area contributed by atoms with Crippen molar-refractivity contribution >= 4 is 104 Å². The summed E-state index contributed by atoms with van der Waals surface area (Å²) in [5.41, 5.74) is 7.52. The van der Waals surface area contributed by atoms with Crippen LogP contribution >= 0.6 is 0 Å². The topological polar surface area (TPSA) is 254 Å². The van der Waals surface area contributed by atoms with E-state index in [2.05, 4.69) is 196 Å². The van der Waals surface area contributed by atoms with E-state index in [1.807, 2.05) is 234 Å². The van der Waals surface area contributed by atoms with Gasteiger partial charge in [0.25, 0.3) is 0 Å². The lowest BCUT2D eigenvalue weighted by atomic mass is 9.94. The number of para-hydroxylation sites is 5. The van der Waals surface area contributed by atoms with Crippen LogP contribution < -0.4 is 57.9 Å². The van der Waals surface area contributed by atoms with Gasteiger partial charge in [0.05, 0.1) is 61.2 Å². The average Bonchev–Trinajstić information content (AvgIpc) is 0.788. The normalized spacial score (nSPS) is 16.1. The fourth-order valence-electron chi connectivity index (χ4n) is 18.8. The highest BCUT2D eigenvalue weighted by Gasteiger charge is 2.26. The molecule has 8 aromatic carbocycles. The Bertz CT molecular complexity index is 4850. The first-order valence-corrected chi connectivity index (χ1v) is 55.2. The molecule has 1 saturated heterocycles. The second-order valence-corrected chi connectivity index (χ2v) is 41.2. The third-order valence-corrected chi connectivity index (χ3v) is 26.1. The lowest BCUT2D eigenvalue weighted by Crippen LogP contribution is -2.51. The Kier molecular flexibility index (Phi) is 53.9. The maximum Gasteiger partial charge on any atom is 0.205 e. The summed E-state index contributed by atoms with van der Waals surface area (Å²) in [7, 11) is 13.8. The van der Waals surface area contributed by atoms with Gasteiger partial charge in [0.15, 0.2) is 23.8 Å². The second kappa shape index (κ2) is 67.0. The Labute approximate surface area is 874 Å². The first kappa shape index (κ1) is 117. The Morgan fingerprint density at radius 3 is 1.06 bits per heavy atom. The second-order valence-electron chi connectivity index (χ2n) is 41.2. The molecule has 10 N–H and O–H groups in total. The predicted octanol–water partition coefficient (Wildman–Crippen LogP) is 26.2. The number of guanidine groups is 7. The average molecular weight is 1980 g/mol. The fraction of sp³-hybridized carbons (Fsp3) is 0.550. The quantitative estimate of drug-likeness (QED) is 0.0224. The van der Waals surface area contributed by atoms with Gasteiger partial charge >= 0.3 is 0 Å². The van der Waals surface area contributed by atoms with E-state index in [-0.39, 0.29) is 0 Å². The molecule has 1 aliphatic heterocycles. The smallest absolute Gasteiger partial charge is 0.205 e. The summed E-state index contributed by atoms with van der Waals surface area (Å²) < 4.78 is 10.7. The van der Waals surface area contributed by atoms with Crippen molar-refractivity contribution < 1.29 is 9.47 Å². The van der Waals surface area contributed by atoms with Crippen molar-refractivity contribution in [2.45, 2.75) is 336 Å². The van der Waals surface area contributed by atoms with E-state index in [1.165, 1.54) is 199 Å². The summed E-state index contributed by atoms with van der Waals surface area (Å²) in [4.78, 5) is 49.7. The van der Waals surface area contributed by atoms with Gasteiger partial charge in [-0.15, -0.1) is 0 Å². The number of nitrogens with one attached hydrogen (secondary N) is 10. The minimum Gasteiger partial charge on any atom is -0.497 e. The first-order valence-electron chi connectivity index (χ1n) is 55.2. The first-order chi connectivity index (χ1) is 70.3. The Hall–Kier alpha value is -11.9. The van der Waals surface area contributed by atoms with Gasteiger partial charge in [-0.25, -0.2) is 34.9 Å². The van der Waals surface area contributed by atoms with Gasteiger partial charge in [-0.3, -0.25) is 4.99 Å². The number of hydrogen-bond donors (Lipinski definition) is 10. The SMILES string of the molecule is C1CCC(N=C(NC2CCCCC2)N2CCOCC2)CC1.C1CCC(N=C(NC2CCCCC2)NC2CCCCC2)CC1.CC(C)C(=Nc1cccc2cccc(N=C(N(C)C)N(C)C)c12)N(C)C.CC(C)NC(=NC1CCCCC1)NC(C)C.CCN(CC)C(=NC(C)C)NC(C)C.COc1ccc(N=C(Nc2ccccc2)Nc2ccccc2)cc1.c1ccc(N=C(Nc2ccccc2)Nc2ccccc2)cc1. The molecule has 0 amide bonds. The largest absolute Gasteiger partial charge is 0.497 e. The molecule has 7 fully saturated rings. The molecule has 15 rings (SSSR count). The van der Waals surface area contributed by atoms with E-state index in [1.54, 1.807) is 7.11 Å². The van der Waals surface area contributed by atoms with Crippen molar-refractivity contribution in [3.63, 3.8) is 0 Å². The van der Waals surface area contributed by atoms with Crippen molar-refractivity contribution in [2.24, 2.45) is 45.9 Å². The van der Waals surface area contributed by atoms with E-state index in [9.17, 15) is 0 Å². The molecule has 0 unspecified atom stereocenters. The van der Waals surface area contributed by atoms with E-state index in [4.69, 9.17) is 34.4 Å². The zero-order valence-corrected chi connectivity index (χ0v) is 92.1. The minimum atomic E-state index is 0.343. The maximum absolute atomic E-state index is 5.51. The molecule has 8 aromatic rings. The summed E-state index contributed by atoms with van der Waals surface area (Å²) in [5.74, 6) is 8.77. The Morgan fingerprint density at radius 2 is 0.710 bits per heavy atom. The van der Waals surface area contributed by atoms with Crippen molar-refractivity contribution in [3.8, 4) is 5.75 Å². The molecular weight excluding hydrogens is 1800 g/mol. The van der Waals surface area contributed by atoms with Crippen molar-refractivity contribution in [2.75, 3.05) is 110 Å². The van der Waals surface area contributed by atoms with Crippen molar-refractivity contribution in [1.29, 1.82) is 0 Å². The molecule has 0 spiro atoms. The van der Waals surface area contributed by atoms with Crippen LogP contribution in [0.3, 0.4) is 0 Å². The number of methoxy groups -OCH3 is 1. The van der Waals surface area contributed by atoms with Gasteiger partial charge in [0, 0.05) is 145 Å². The molecule has 6 saturated carbocycles. The highest BCUT2D eigenvalue weighted by Crippen LogP contribution is 2.36. The molecule has 0 atom stereocenters. The lowest BCUT2D eigenvalue weighted by Gasteiger charge is -2.34. The van der Waals surface area contributed by atoms with E-state index >= 15 is 0 Å². The molecule has 7 aliphatic rings. The van der Waals surface area contributed by atoms with E-state index in [0.29, 0.717) is 78.3 Å². The van der Waals surface area contributed by atoms with Gasteiger partial charge in [-0.2, -0.15) is 0 Å². The molecule has 792 valence electrons. The summed E-state index contributed by atoms with van der Waals surface area (Å²) in [6, 6.07) is 75.1. The number of hydrogen-bond acceptors (Lipinski definition) is 10. The Morgan fingerprint density at radius 1 is 0.359 bits per heavy atom. The van der Waals surface area contributed by atoms with Crippen molar-refractivity contribution in [1.82, 2.24) is 56.4 Å². The third-order valence-electron chi connectivity index (χ3n) is 26.1. The minimum absolute atomic E-state index is 0.343. The van der Waals surface area contributed by atoms with E-state index in [0.717, 1.165) is 131 Å². The fourth-order valence-corrected chi connectivity index (χ4v) is 18.8. The number of morpholine rings is 1. The highest BCUT2D eigenvalue weighted by atomic mass is 16.5. The highest BCUT2D eigenvalue weighted by molar-refractivity contribution is 6.07. The number of anilines is 4. The number of aliphatic imine (C=N–C) groups is 8. The van der Waals surface area contributed by atoms with Crippen LogP contribution in [0.2, 0.25) is 0 Å². The van der Waals surface area contributed by atoms with Crippen LogP contribution in [0.25, 0.3) is 10.8 Å². The Balaban J connectivity index is 0.000000190. The summed E-state index contributed by atoms with van der Waals surface area (Å²) in [5, 5.41) is 37.0. The molecule has 6 aliphatic carbocycles. The molecule has 0 aromatic heterocycles. The van der Waals surface area contributed by atoms with Crippen LogP contribution in [0.15, 0.2) is 252 Å². The molecule has 1 heterocycles. The van der Waals surface area contributed by atoms with Crippen molar-refractivity contribution in [3.05, 3.63) is 212 Å². The van der Waals surface area contributed by atoms with Crippen LogP contribution in [0.4, 0.5) is 45.5 Å². The third kappa shape index (κ3) is 46.2. The van der Waals surface area contributed by atoms with Crippen LogP contribution in [0.5, 0.6) is 5.75 Å². The van der Waals surface area contributed by atoms with Gasteiger partial charge < -0.3 is 87.1 Å². The monoisotopic (exact) mass is 1980 g/mol. The maximum atomic E-state index is 5.51. The standard InChI is InChI=1S/C21H31N5.C20H19N3O.C19H35N3.C19H17N3.C17H31N3O.C13H27N3.C11H25N3/c1-15(2)20(24(3)4)22-17-13-9-11-16-12-10-14-18(19(16)17)23-21(25(5)6)26(7)8;1-24-19-14-12-18(13-15-19)23-20(21-16-8-4-2-5-9-16)22-17-10-6-3-7-11-17;2*1-4-10-16(11-5-1)20-19(21-17-12-6-2-7-13-17)22-18-14-8-3-9-15-18;1-3-7-15(8-4-1)18-17(20-11-13-21-14-12-20)19-16-9-5-2-6-10-16;1-10(2)14-13(15-11(3)4)16-12-8-6-5-7-9-12;1-7-14(8-2)11(12-9(3)4)13-10(5)6/h9-15H,1-8H3;2-15H,1H3,(H2,21,22,23);16-18H,1-15H2,(H2,20,21,22);1-15H,(H2,20,21,22);15-16H,1-14H2,(H,18,19);10-12H,5-9H2,1-4H3,(H2,14,15,16);9-10H,7-8H2,1-6H3,(H,12,13). The van der Waals surface area contributed by atoms with Gasteiger partial charge in [0.2, 0.25) is 17.9 Å². The number of benzene rings is 8. The number of nitrogens with zero attached hydrogens (tertiary/aromatic N) is 13. The van der Waals surface area contributed by atoms with Crippen LogP contribution in [-0.4, -0.2) is 221 Å². The molecule has 25 nitrogen and oxygen atoms in total. The molecular formula is C120H185N23O2. The van der Waals surface area contributed by atoms with Crippen LogP contribution in [-0.2, 0) is 4.74 Å². The summed E-state index contributed by atoms with van der Waals surface area (Å²) in [6.07, 6.45) is 40.5. The number of rotatable bonds is 22. The number of amidine groups is 1. The zero-order valence-electron chi connectivity index (χ0n) is 92.1. The summed E-state index contributed by atoms with van der Waals surface area (Å²) >= 11 is 0. The zero-order chi connectivity index (χ0) is 104. The number of ether oxygens (including phenoxy) is 2. The van der Waals surface area contributed by atoms with Crippen LogP contribution in [0.1, 0.15) is 276 Å². The van der Waals surface area contributed by atoms with E-state index < -0.39 is 0 Å². The molecule has 0 radical (unpaired) electrons. The number of fused-ring (bicyclic) bond motifs is 1. The molecule has 0 bridgehead atoms. The predicted molar refractivity (Wildman–Crippen MR) is 624 cm³/mol. The van der Waals surface area contributed by atoms with Crippen LogP contribution in [0, 0.1) is 5.92 Å². The van der Waals surface area contributed by atoms with Gasteiger partial charge in [-0.05, 0) is 249 Å².